The van der Waals surface area contributed by atoms with Crippen molar-refractivity contribution in [1.82, 2.24) is 0 Å². The second-order valence-electron chi connectivity index (χ2n) is 3.53. The summed E-state index contributed by atoms with van der Waals surface area (Å²) < 4.78 is 5.56. The Morgan fingerprint density at radius 2 is 1.88 bits per heavy atom. The first-order valence-electron chi connectivity index (χ1n) is 5.66. The first-order chi connectivity index (χ1) is 8.33. The first kappa shape index (κ1) is 14.2. The van der Waals surface area contributed by atoms with E-state index in [1.807, 2.05) is 36.0 Å². The number of nitrogens with zero attached hydrogens (tertiary/aromatic N) is 1. The summed E-state index contributed by atoms with van der Waals surface area (Å²) in [5, 5.41) is 9.09. The monoisotopic (exact) mass is 269 g/mol. The molecule has 2 nitrogen and oxygen atoms in total. The van der Waals surface area contributed by atoms with E-state index in [2.05, 4.69) is 6.07 Å². The Morgan fingerprint density at radius 3 is 2.59 bits per heavy atom. The Hall–Kier alpha value is -0.850. The van der Waals surface area contributed by atoms with Crippen LogP contribution in [0.4, 0.5) is 0 Å². The summed E-state index contributed by atoms with van der Waals surface area (Å²) in [5.41, 5.74) is 0. The molecule has 0 aliphatic rings. The van der Waals surface area contributed by atoms with E-state index in [0.717, 1.165) is 41.7 Å². The molecular weight excluding hydrogens is 254 g/mol. The summed E-state index contributed by atoms with van der Waals surface area (Å²) >= 11 is 7.65. The third-order valence-electron chi connectivity index (χ3n) is 2.09. The molecule has 0 saturated carbocycles. The standard InChI is InChI=1S/C13H16ClNOS/c14-12-4-6-13(7-5-12)16-9-3-11-17-10-2-1-8-15/h4-7H,1-3,9-11H2. The van der Waals surface area contributed by atoms with Crippen LogP contribution in [0.2, 0.25) is 5.02 Å². The van der Waals surface area contributed by atoms with Crippen molar-refractivity contribution in [1.29, 1.82) is 5.26 Å². The zero-order valence-electron chi connectivity index (χ0n) is 9.69. The van der Waals surface area contributed by atoms with E-state index in [1.165, 1.54) is 0 Å². The topological polar surface area (TPSA) is 33.0 Å². The lowest BCUT2D eigenvalue weighted by Gasteiger charge is -2.05. The third-order valence-corrected chi connectivity index (χ3v) is 3.50. The molecule has 0 atom stereocenters. The van der Waals surface area contributed by atoms with Crippen LogP contribution in [0.1, 0.15) is 19.3 Å². The number of benzene rings is 1. The molecule has 0 heterocycles. The van der Waals surface area contributed by atoms with Crippen LogP contribution in [0.5, 0.6) is 5.75 Å². The van der Waals surface area contributed by atoms with Gasteiger partial charge in [-0.25, -0.2) is 0 Å². The number of thioether (sulfide) groups is 1. The lowest BCUT2D eigenvalue weighted by molar-refractivity contribution is 0.319. The van der Waals surface area contributed by atoms with Crippen molar-refractivity contribution >= 4 is 23.4 Å². The average Bonchev–Trinajstić information content (AvgIpc) is 2.35. The Labute approximate surface area is 112 Å². The van der Waals surface area contributed by atoms with E-state index in [9.17, 15) is 0 Å². The Kier molecular flexibility index (Phi) is 7.70. The minimum Gasteiger partial charge on any atom is -0.494 e. The van der Waals surface area contributed by atoms with Gasteiger partial charge in [0.1, 0.15) is 5.75 Å². The summed E-state index contributed by atoms with van der Waals surface area (Å²) in [4.78, 5) is 0. The number of hydrogen-bond acceptors (Lipinski definition) is 3. The van der Waals surface area contributed by atoms with Crippen LogP contribution in [0.3, 0.4) is 0 Å². The van der Waals surface area contributed by atoms with Crippen LogP contribution < -0.4 is 4.74 Å². The molecule has 0 unspecified atom stereocenters. The second kappa shape index (κ2) is 9.21. The maximum atomic E-state index is 8.36. The SMILES string of the molecule is N#CCCCSCCCOc1ccc(Cl)cc1. The van der Waals surface area contributed by atoms with Crippen molar-refractivity contribution in [2.75, 3.05) is 18.1 Å². The molecule has 4 heteroatoms. The van der Waals surface area contributed by atoms with Crippen molar-refractivity contribution in [3.05, 3.63) is 29.3 Å². The number of hydrogen-bond donors (Lipinski definition) is 0. The minimum atomic E-state index is 0.661. The van der Waals surface area contributed by atoms with Crippen molar-refractivity contribution in [3.63, 3.8) is 0 Å². The third kappa shape index (κ3) is 7.14. The number of unbranched alkanes of at least 4 members (excludes halogenated alkanes) is 1. The van der Waals surface area contributed by atoms with E-state index in [4.69, 9.17) is 21.6 Å². The van der Waals surface area contributed by atoms with Crippen molar-refractivity contribution in [2.24, 2.45) is 0 Å². The van der Waals surface area contributed by atoms with Crippen LogP contribution in [0, 0.1) is 11.3 Å². The summed E-state index contributed by atoms with van der Waals surface area (Å²) in [5.74, 6) is 3.01. The normalized spacial score (nSPS) is 9.88. The molecule has 0 bridgehead atoms. The fraction of sp³-hybridized carbons (Fsp3) is 0.462. The maximum absolute atomic E-state index is 8.36. The zero-order valence-corrected chi connectivity index (χ0v) is 11.3. The molecule has 0 spiro atoms. The van der Waals surface area contributed by atoms with Gasteiger partial charge in [0.25, 0.3) is 0 Å². The average molecular weight is 270 g/mol. The Bertz CT molecular complexity index is 347. The van der Waals surface area contributed by atoms with E-state index in [0.29, 0.717) is 6.42 Å². The first-order valence-corrected chi connectivity index (χ1v) is 7.19. The van der Waals surface area contributed by atoms with Crippen LogP contribution in [-0.2, 0) is 0 Å². The predicted octanol–water partition coefficient (Wildman–Crippen LogP) is 4.15. The van der Waals surface area contributed by atoms with E-state index in [-0.39, 0.29) is 0 Å². The number of nitriles is 1. The maximum Gasteiger partial charge on any atom is 0.119 e. The summed E-state index contributed by atoms with van der Waals surface area (Å²) in [7, 11) is 0. The molecule has 0 aromatic heterocycles. The lowest BCUT2D eigenvalue weighted by atomic mass is 10.3. The zero-order chi connectivity index (χ0) is 12.3. The van der Waals surface area contributed by atoms with E-state index in [1.54, 1.807) is 0 Å². The highest BCUT2D eigenvalue weighted by Gasteiger charge is 1.94. The molecule has 0 N–H and O–H groups in total. The Morgan fingerprint density at radius 1 is 1.18 bits per heavy atom. The van der Waals surface area contributed by atoms with Crippen LogP contribution in [-0.4, -0.2) is 18.1 Å². The Balaban J connectivity index is 1.97. The van der Waals surface area contributed by atoms with Crippen LogP contribution in [0.15, 0.2) is 24.3 Å². The molecule has 1 aromatic rings. The largest absolute Gasteiger partial charge is 0.494 e. The van der Waals surface area contributed by atoms with E-state index < -0.39 is 0 Å². The van der Waals surface area contributed by atoms with Crippen molar-refractivity contribution in [2.45, 2.75) is 19.3 Å². The smallest absolute Gasteiger partial charge is 0.119 e. The molecule has 0 radical (unpaired) electrons. The molecule has 92 valence electrons. The molecule has 0 aliphatic carbocycles. The molecular formula is C13H16ClNOS. The summed E-state index contributed by atoms with van der Waals surface area (Å²) in [6.45, 7) is 0.729. The molecule has 0 aliphatic heterocycles. The van der Waals surface area contributed by atoms with Gasteiger partial charge in [-0.05, 0) is 48.6 Å². The number of ether oxygens (including phenoxy) is 1. The molecule has 17 heavy (non-hydrogen) atoms. The van der Waals surface area contributed by atoms with Gasteiger partial charge in [0.15, 0.2) is 0 Å². The van der Waals surface area contributed by atoms with Gasteiger partial charge in [0, 0.05) is 11.4 Å². The number of rotatable bonds is 8. The van der Waals surface area contributed by atoms with Gasteiger partial charge in [-0.1, -0.05) is 11.6 Å². The van der Waals surface area contributed by atoms with Gasteiger partial charge >= 0.3 is 0 Å². The van der Waals surface area contributed by atoms with Crippen molar-refractivity contribution in [3.8, 4) is 11.8 Å². The van der Waals surface area contributed by atoms with Crippen LogP contribution in [0.25, 0.3) is 0 Å². The molecule has 1 aromatic carbocycles. The van der Waals surface area contributed by atoms with E-state index >= 15 is 0 Å². The highest BCUT2D eigenvalue weighted by molar-refractivity contribution is 7.99. The highest BCUT2D eigenvalue weighted by atomic mass is 35.5. The van der Waals surface area contributed by atoms with Gasteiger partial charge in [-0.15, -0.1) is 0 Å². The summed E-state index contributed by atoms with van der Waals surface area (Å²) in [6.07, 6.45) is 2.67. The van der Waals surface area contributed by atoms with Gasteiger partial charge in [0.05, 0.1) is 12.7 Å². The quantitative estimate of drug-likeness (QED) is 0.665. The lowest BCUT2D eigenvalue weighted by Crippen LogP contribution is -1.98. The molecule has 0 fully saturated rings. The molecule has 0 saturated heterocycles. The fourth-order valence-corrected chi connectivity index (χ4v) is 2.24. The van der Waals surface area contributed by atoms with Gasteiger partial charge in [0.2, 0.25) is 0 Å². The molecule has 0 amide bonds. The van der Waals surface area contributed by atoms with Gasteiger partial charge in [-0.2, -0.15) is 17.0 Å². The predicted molar refractivity (Wildman–Crippen MR) is 73.7 cm³/mol. The molecule has 1 rings (SSSR count). The highest BCUT2D eigenvalue weighted by Crippen LogP contribution is 2.16. The second-order valence-corrected chi connectivity index (χ2v) is 5.19. The minimum absolute atomic E-state index is 0.661. The number of halogens is 1. The van der Waals surface area contributed by atoms with Gasteiger partial charge in [-0.3, -0.25) is 0 Å². The summed E-state index contributed by atoms with van der Waals surface area (Å²) in [6, 6.07) is 9.56. The van der Waals surface area contributed by atoms with Crippen LogP contribution >= 0.6 is 23.4 Å². The fourth-order valence-electron chi connectivity index (χ4n) is 1.24. The van der Waals surface area contributed by atoms with Crippen molar-refractivity contribution < 1.29 is 4.74 Å². The van der Waals surface area contributed by atoms with Gasteiger partial charge < -0.3 is 4.74 Å².